The van der Waals surface area contributed by atoms with E-state index in [2.05, 4.69) is 29.0 Å². The second-order valence-corrected chi connectivity index (χ2v) is 8.16. The number of anilines is 1. The number of para-hydroxylation sites is 1. The van der Waals surface area contributed by atoms with Crippen molar-refractivity contribution >= 4 is 23.3 Å². The molecule has 0 saturated carbocycles. The number of benzene rings is 1. The van der Waals surface area contributed by atoms with Crippen molar-refractivity contribution in [1.82, 2.24) is 15.1 Å². The number of carbonyl (C=O) groups excluding carboxylic acids is 1. The van der Waals surface area contributed by atoms with Crippen LogP contribution in [0.15, 0.2) is 24.3 Å². The lowest BCUT2D eigenvalue weighted by molar-refractivity contribution is -0.0294. The Balaban J connectivity index is 1.41. The van der Waals surface area contributed by atoms with Gasteiger partial charge in [-0.15, -0.1) is 0 Å². The number of halogens is 1. The zero-order valence-corrected chi connectivity index (χ0v) is 17.1. The molecule has 6 nitrogen and oxygen atoms in total. The molecule has 3 rings (SSSR count). The Morgan fingerprint density at radius 2 is 1.96 bits per heavy atom. The largest absolute Gasteiger partial charge is 0.374 e. The Kier molecular flexibility index (Phi) is 7.21. The minimum atomic E-state index is -0.00149. The van der Waals surface area contributed by atoms with Gasteiger partial charge in [-0.05, 0) is 18.1 Å². The molecule has 0 radical (unpaired) electrons. The van der Waals surface area contributed by atoms with Crippen LogP contribution in [0.2, 0.25) is 5.02 Å². The number of nitrogens with one attached hydrogen (secondary N) is 1. The highest BCUT2D eigenvalue weighted by molar-refractivity contribution is 6.33. The van der Waals surface area contributed by atoms with Crippen molar-refractivity contribution in [2.45, 2.75) is 20.0 Å². The lowest BCUT2D eigenvalue weighted by atomic mass is 10.2. The summed E-state index contributed by atoms with van der Waals surface area (Å²) in [5.41, 5.74) is 1.04. The van der Waals surface area contributed by atoms with Crippen LogP contribution in [-0.2, 0) is 4.74 Å². The van der Waals surface area contributed by atoms with Crippen molar-refractivity contribution in [1.29, 1.82) is 0 Å². The Bertz CT molecular complexity index is 620. The van der Waals surface area contributed by atoms with Crippen molar-refractivity contribution in [2.24, 2.45) is 5.92 Å². The van der Waals surface area contributed by atoms with Gasteiger partial charge in [-0.3, -0.25) is 4.90 Å². The highest BCUT2D eigenvalue weighted by Gasteiger charge is 2.25. The molecule has 1 N–H and O–H groups in total. The molecule has 0 spiro atoms. The van der Waals surface area contributed by atoms with Gasteiger partial charge in [-0.2, -0.15) is 0 Å². The van der Waals surface area contributed by atoms with Crippen LogP contribution < -0.4 is 10.2 Å². The van der Waals surface area contributed by atoms with Gasteiger partial charge < -0.3 is 19.9 Å². The fourth-order valence-electron chi connectivity index (χ4n) is 3.76. The van der Waals surface area contributed by atoms with E-state index in [4.69, 9.17) is 16.3 Å². The fraction of sp³-hybridized carbons (Fsp3) is 0.650. The average Bonchev–Trinajstić information content (AvgIpc) is 2.66. The van der Waals surface area contributed by atoms with E-state index < -0.39 is 0 Å². The predicted molar refractivity (Wildman–Crippen MR) is 110 cm³/mol. The Morgan fingerprint density at radius 3 is 2.67 bits per heavy atom. The van der Waals surface area contributed by atoms with Gasteiger partial charge >= 0.3 is 6.03 Å². The number of morpholine rings is 1. The smallest absolute Gasteiger partial charge is 0.317 e. The zero-order chi connectivity index (χ0) is 19.2. The zero-order valence-electron chi connectivity index (χ0n) is 16.4. The van der Waals surface area contributed by atoms with Crippen molar-refractivity contribution < 1.29 is 9.53 Å². The first kappa shape index (κ1) is 20.2. The number of amides is 2. The standard InChI is InChI=1S/C20H31ClN4O2/c1-16(2)14-23-11-12-27-17(15-23)13-22-20(26)25-9-7-24(8-10-25)19-6-4-3-5-18(19)21/h3-6,16-17H,7-15H2,1-2H3,(H,22,26)/t17-/m0/s1. The Labute approximate surface area is 167 Å². The molecule has 150 valence electrons. The SMILES string of the molecule is CC(C)CN1CCO[C@@H](CNC(=O)N2CCN(c3ccccc3Cl)CC2)C1. The number of urea groups is 1. The van der Waals surface area contributed by atoms with Gasteiger partial charge in [0.25, 0.3) is 0 Å². The third-order valence-corrected chi connectivity index (χ3v) is 5.41. The lowest BCUT2D eigenvalue weighted by Crippen LogP contribution is -2.54. The van der Waals surface area contributed by atoms with E-state index >= 15 is 0 Å². The fourth-order valence-corrected chi connectivity index (χ4v) is 4.01. The topological polar surface area (TPSA) is 48.1 Å². The van der Waals surface area contributed by atoms with Crippen LogP contribution in [0.25, 0.3) is 0 Å². The first-order valence-electron chi connectivity index (χ1n) is 9.89. The van der Waals surface area contributed by atoms with E-state index in [0.29, 0.717) is 25.6 Å². The highest BCUT2D eigenvalue weighted by atomic mass is 35.5. The Morgan fingerprint density at radius 1 is 1.22 bits per heavy atom. The molecule has 0 unspecified atom stereocenters. The molecule has 1 aromatic carbocycles. The van der Waals surface area contributed by atoms with Gasteiger partial charge in [0.2, 0.25) is 0 Å². The summed E-state index contributed by atoms with van der Waals surface area (Å²) in [7, 11) is 0. The van der Waals surface area contributed by atoms with E-state index in [0.717, 1.165) is 50.0 Å². The number of nitrogens with zero attached hydrogens (tertiary/aromatic N) is 3. The summed E-state index contributed by atoms with van der Waals surface area (Å²) in [6.45, 7) is 11.7. The molecular formula is C20H31ClN4O2. The summed E-state index contributed by atoms with van der Waals surface area (Å²) in [6.07, 6.45) is 0.0749. The van der Waals surface area contributed by atoms with Crippen LogP contribution in [0.1, 0.15) is 13.8 Å². The minimum Gasteiger partial charge on any atom is -0.374 e. The first-order valence-corrected chi connectivity index (χ1v) is 10.3. The maximum absolute atomic E-state index is 12.5. The van der Waals surface area contributed by atoms with Crippen molar-refractivity contribution in [3.63, 3.8) is 0 Å². The highest BCUT2D eigenvalue weighted by Crippen LogP contribution is 2.26. The average molecular weight is 395 g/mol. The predicted octanol–water partition coefficient (Wildman–Crippen LogP) is 2.53. The quantitative estimate of drug-likeness (QED) is 0.833. The normalized spacial score (nSPS) is 21.6. The van der Waals surface area contributed by atoms with E-state index in [9.17, 15) is 4.79 Å². The molecule has 2 aliphatic heterocycles. The number of carbonyl (C=O) groups is 1. The van der Waals surface area contributed by atoms with Crippen molar-refractivity contribution in [2.75, 3.05) is 63.9 Å². The maximum Gasteiger partial charge on any atom is 0.317 e. The molecule has 27 heavy (non-hydrogen) atoms. The van der Waals surface area contributed by atoms with Crippen LogP contribution in [0.5, 0.6) is 0 Å². The monoisotopic (exact) mass is 394 g/mol. The molecule has 2 amide bonds. The van der Waals surface area contributed by atoms with E-state index in [1.807, 2.05) is 29.2 Å². The summed E-state index contributed by atoms with van der Waals surface area (Å²) >= 11 is 6.28. The van der Waals surface area contributed by atoms with E-state index in [-0.39, 0.29) is 12.1 Å². The molecule has 0 aromatic heterocycles. The first-order chi connectivity index (χ1) is 13.0. The summed E-state index contributed by atoms with van der Waals surface area (Å²) < 4.78 is 5.82. The second-order valence-electron chi connectivity index (χ2n) is 7.76. The van der Waals surface area contributed by atoms with Gasteiger partial charge in [0.15, 0.2) is 0 Å². The second kappa shape index (κ2) is 9.62. The van der Waals surface area contributed by atoms with E-state index in [1.165, 1.54) is 0 Å². The summed E-state index contributed by atoms with van der Waals surface area (Å²) in [6, 6.07) is 7.86. The number of piperazine rings is 1. The van der Waals surface area contributed by atoms with Gasteiger partial charge in [0.1, 0.15) is 0 Å². The van der Waals surface area contributed by atoms with Crippen LogP contribution in [0, 0.1) is 5.92 Å². The van der Waals surface area contributed by atoms with Crippen molar-refractivity contribution in [3.8, 4) is 0 Å². The molecule has 1 atom stereocenters. The van der Waals surface area contributed by atoms with Crippen LogP contribution in [0.4, 0.5) is 10.5 Å². The van der Waals surface area contributed by atoms with Gasteiger partial charge in [-0.1, -0.05) is 37.6 Å². The molecule has 7 heteroatoms. The number of hydrogen-bond acceptors (Lipinski definition) is 4. The molecular weight excluding hydrogens is 364 g/mol. The number of rotatable bonds is 5. The van der Waals surface area contributed by atoms with Crippen LogP contribution in [-0.4, -0.2) is 80.9 Å². The van der Waals surface area contributed by atoms with Gasteiger partial charge in [0, 0.05) is 52.4 Å². The third-order valence-electron chi connectivity index (χ3n) is 5.09. The van der Waals surface area contributed by atoms with Gasteiger partial charge in [-0.25, -0.2) is 4.79 Å². The summed E-state index contributed by atoms with van der Waals surface area (Å²) in [4.78, 5) is 19.0. The number of ether oxygens (including phenoxy) is 1. The Hall–Kier alpha value is -1.50. The number of hydrogen-bond donors (Lipinski definition) is 1. The van der Waals surface area contributed by atoms with Crippen LogP contribution >= 0.6 is 11.6 Å². The molecule has 2 heterocycles. The lowest BCUT2D eigenvalue weighted by Gasteiger charge is -2.37. The van der Waals surface area contributed by atoms with E-state index in [1.54, 1.807) is 0 Å². The molecule has 2 aliphatic rings. The van der Waals surface area contributed by atoms with Crippen molar-refractivity contribution in [3.05, 3.63) is 29.3 Å². The molecule has 2 fully saturated rings. The van der Waals surface area contributed by atoms with Crippen LogP contribution in [0.3, 0.4) is 0 Å². The molecule has 1 aromatic rings. The summed E-state index contributed by atoms with van der Waals surface area (Å²) in [5.74, 6) is 0.646. The molecule has 0 aliphatic carbocycles. The summed E-state index contributed by atoms with van der Waals surface area (Å²) in [5, 5.41) is 3.81. The maximum atomic E-state index is 12.5. The molecule has 2 saturated heterocycles. The third kappa shape index (κ3) is 5.74. The molecule has 0 bridgehead atoms. The van der Waals surface area contributed by atoms with Gasteiger partial charge in [0.05, 0.1) is 23.4 Å². The minimum absolute atomic E-state index is 0.00149.